The van der Waals surface area contributed by atoms with Gasteiger partial charge in [0.2, 0.25) is 0 Å². The Morgan fingerprint density at radius 2 is 2.40 bits per heavy atom. The van der Waals surface area contributed by atoms with Gasteiger partial charge in [-0.15, -0.1) is 0 Å². The van der Waals surface area contributed by atoms with Gasteiger partial charge in [-0.25, -0.2) is 4.79 Å². The SMILES string of the molecule is O=C1NC[C@H](Cc2cccc(Br)c2)CO1. The van der Waals surface area contributed by atoms with Crippen LogP contribution in [-0.4, -0.2) is 19.2 Å². The Kier molecular flexibility index (Phi) is 3.26. The Morgan fingerprint density at radius 1 is 1.53 bits per heavy atom. The Bertz CT molecular complexity index is 357. The van der Waals surface area contributed by atoms with E-state index in [1.807, 2.05) is 12.1 Å². The van der Waals surface area contributed by atoms with Crippen molar-refractivity contribution in [2.24, 2.45) is 5.92 Å². The van der Waals surface area contributed by atoms with E-state index in [1.54, 1.807) is 0 Å². The van der Waals surface area contributed by atoms with Crippen molar-refractivity contribution in [3.05, 3.63) is 34.3 Å². The fraction of sp³-hybridized carbons (Fsp3) is 0.364. The number of nitrogens with one attached hydrogen (secondary N) is 1. The zero-order valence-corrected chi connectivity index (χ0v) is 9.79. The van der Waals surface area contributed by atoms with Gasteiger partial charge in [0, 0.05) is 16.9 Å². The van der Waals surface area contributed by atoms with E-state index in [1.165, 1.54) is 5.56 Å². The minimum atomic E-state index is -0.305. The molecule has 1 amide bonds. The van der Waals surface area contributed by atoms with Crippen LogP contribution in [0.25, 0.3) is 0 Å². The summed E-state index contributed by atoms with van der Waals surface area (Å²) < 4.78 is 6.02. The number of ether oxygens (including phenoxy) is 1. The number of alkyl carbamates (subject to hydrolysis) is 1. The van der Waals surface area contributed by atoms with Crippen LogP contribution in [0, 0.1) is 5.92 Å². The van der Waals surface area contributed by atoms with E-state index in [9.17, 15) is 4.79 Å². The summed E-state index contributed by atoms with van der Waals surface area (Å²) in [5.74, 6) is 0.372. The molecule has 0 unspecified atom stereocenters. The first-order valence-electron chi connectivity index (χ1n) is 4.89. The highest BCUT2D eigenvalue weighted by Gasteiger charge is 2.18. The highest BCUT2D eigenvalue weighted by Crippen LogP contribution is 2.16. The van der Waals surface area contributed by atoms with E-state index in [4.69, 9.17) is 4.74 Å². The van der Waals surface area contributed by atoms with E-state index in [2.05, 4.69) is 33.4 Å². The van der Waals surface area contributed by atoms with Crippen LogP contribution in [-0.2, 0) is 11.2 Å². The lowest BCUT2D eigenvalue weighted by Gasteiger charge is -2.22. The standard InChI is InChI=1S/C11H12BrNO2/c12-10-3-1-2-8(5-10)4-9-6-13-11(14)15-7-9/h1-3,5,9H,4,6-7H2,(H,13,14)/t9-/m0/s1. The number of rotatable bonds is 2. The maximum atomic E-state index is 10.8. The predicted octanol–water partition coefficient (Wildman–Crippen LogP) is 2.35. The summed E-state index contributed by atoms with van der Waals surface area (Å²) in [6.07, 6.45) is 0.625. The van der Waals surface area contributed by atoms with Crippen LogP contribution >= 0.6 is 15.9 Å². The van der Waals surface area contributed by atoms with Crippen LogP contribution < -0.4 is 5.32 Å². The first-order valence-corrected chi connectivity index (χ1v) is 5.68. The first-order chi connectivity index (χ1) is 7.24. The summed E-state index contributed by atoms with van der Waals surface area (Å²) in [5.41, 5.74) is 1.26. The summed E-state index contributed by atoms with van der Waals surface area (Å²) in [6, 6.07) is 8.20. The number of halogens is 1. The Hall–Kier alpha value is -1.03. The monoisotopic (exact) mass is 269 g/mol. The summed E-state index contributed by atoms with van der Waals surface area (Å²) in [7, 11) is 0. The van der Waals surface area contributed by atoms with Crippen molar-refractivity contribution in [2.45, 2.75) is 6.42 Å². The highest BCUT2D eigenvalue weighted by molar-refractivity contribution is 9.10. The van der Waals surface area contributed by atoms with Crippen molar-refractivity contribution >= 4 is 22.0 Å². The molecule has 1 N–H and O–H groups in total. The van der Waals surface area contributed by atoms with Crippen LogP contribution in [0.2, 0.25) is 0 Å². The molecule has 15 heavy (non-hydrogen) atoms. The smallest absolute Gasteiger partial charge is 0.407 e. The summed E-state index contributed by atoms with van der Waals surface area (Å²) in [4.78, 5) is 10.8. The molecule has 0 bridgehead atoms. The first kappa shape index (κ1) is 10.5. The minimum absolute atomic E-state index is 0.305. The lowest BCUT2D eigenvalue weighted by molar-refractivity contribution is 0.103. The second-order valence-electron chi connectivity index (χ2n) is 3.68. The van der Waals surface area contributed by atoms with Gasteiger partial charge in [-0.2, -0.15) is 0 Å². The molecule has 0 spiro atoms. The normalized spacial score (nSPS) is 20.6. The van der Waals surface area contributed by atoms with Crippen LogP contribution in [0.5, 0.6) is 0 Å². The molecule has 80 valence electrons. The van der Waals surface area contributed by atoms with Crippen molar-refractivity contribution in [1.29, 1.82) is 0 Å². The molecule has 1 aromatic carbocycles. The summed E-state index contributed by atoms with van der Waals surface area (Å²) >= 11 is 3.44. The van der Waals surface area contributed by atoms with Crippen LogP contribution in [0.4, 0.5) is 4.79 Å². The van der Waals surface area contributed by atoms with Crippen molar-refractivity contribution < 1.29 is 9.53 Å². The van der Waals surface area contributed by atoms with Gasteiger partial charge in [0.05, 0.1) is 6.61 Å². The molecule has 1 saturated heterocycles. The second-order valence-corrected chi connectivity index (χ2v) is 4.60. The van der Waals surface area contributed by atoms with Crippen LogP contribution in [0.1, 0.15) is 5.56 Å². The molecule has 0 radical (unpaired) electrons. The third kappa shape index (κ3) is 2.96. The van der Waals surface area contributed by atoms with E-state index in [-0.39, 0.29) is 6.09 Å². The molecular weight excluding hydrogens is 258 g/mol. The van der Waals surface area contributed by atoms with Gasteiger partial charge in [0.15, 0.2) is 0 Å². The van der Waals surface area contributed by atoms with Gasteiger partial charge in [-0.1, -0.05) is 28.1 Å². The Balaban J connectivity index is 1.94. The molecule has 0 aliphatic carbocycles. The predicted molar refractivity (Wildman–Crippen MR) is 60.7 cm³/mol. The zero-order valence-electron chi connectivity index (χ0n) is 8.20. The second kappa shape index (κ2) is 4.66. The number of cyclic esters (lactones) is 1. The van der Waals surface area contributed by atoms with E-state index < -0.39 is 0 Å². The molecule has 1 fully saturated rings. The van der Waals surface area contributed by atoms with Gasteiger partial charge in [0.1, 0.15) is 0 Å². The van der Waals surface area contributed by atoms with Crippen molar-refractivity contribution in [2.75, 3.05) is 13.2 Å². The average Bonchev–Trinajstić information content (AvgIpc) is 2.22. The minimum Gasteiger partial charge on any atom is -0.449 e. The number of benzene rings is 1. The molecule has 0 aromatic heterocycles. The van der Waals surface area contributed by atoms with Crippen molar-refractivity contribution in [1.82, 2.24) is 5.32 Å². The van der Waals surface area contributed by atoms with Crippen molar-refractivity contribution in [3.63, 3.8) is 0 Å². The number of hydrogen-bond donors (Lipinski definition) is 1. The molecule has 2 rings (SSSR count). The van der Waals surface area contributed by atoms with Crippen LogP contribution in [0.15, 0.2) is 28.7 Å². The molecule has 4 heteroatoms. The van der Waals surface area contributed by atoms with Gasteiger partial charge >= 0.3 is 6.09 Å². The largest absolute Gasteiger partial charge is 0.449 e. The molecule has 0 saturated carbocycles. The van der Waals surface area contributed by atoms with Crippen molar-refractivity contribution in [3.8, 4) is 0 Å². The Labute approximate surface area is 96.9 Å². The highest BCUT2D eigenvalue weighted by atomic mass is 79.9. The number of carbonyl (C=O) groups excluding carboxylic acids is 1. The Morgan fingerprint density at radius 3 is 3.07 bits per heavy atom. The molecule has 1 atom stereocenters. The molecule has 1 heterocycles. The van der Waals surface area contributed by atoms with E-state index in [0.29, 0.717) is 19.1 Å². The van der Waals surface area contributed by atoms with E-state index >= 15 is 0 Å². The number of amides is 1. The maximum Gasteiger partial charge on any atom is 0.407 e. The van der Waals surface area contributed by atoms with Gasteiger partial charge in [0.25, 0.3) is 0 Å². The van der Waals surface area contributed by atoms with Crippen LogP contribution in [0.3, 0.4) is 0 Å². The number of hydrogen-bond acceptors (Lipinski definition) is 2. The quantitative estimate of drug-likeness (QED) is 0.895. The molecule has 3 nitrogen and oxygen atoms in total. The molecule has 1 aliphatic rings. The fourth-order valence-corrected chi connectivity index (χ4v) is 2.11. The summed E-state index contributed by atoms with van der Waals surface area (Å²) in [6.45, 7) is 1.21. The lowest BCUT2D eigenvalue weighted by atomic mass is 9.99. The third-order valence-electron chi connectivity index (χ3n) is 2.40. The number of carbonyl (C=O) groups is 1. The fourth-order valence-electron chi connectivity index (χ4n) is 1.66. The molecule has 1 aromatic rings. The topological polar surface area (TPSA) is 38.3 Å². The zero-order chi connectivity index (χ0) is 10.7. The van der Waals surface area contributed by atoms with E-state index in [0.717, 1.165) is 10.9 Å². The maximum absolute atomic E-state index is 10.8. The lowest BCUT2D eigenvalue weighted by Crippen LogP contribution is -2.39. The molecule has 1 aliphatic heterocycles. The van der Waals surface area contributed by atoms with Gasteiger partial charge in [-0.05, 0) is 24.1 Å². The molecular formula is C11H12BrNO2. The summed E-state index contributed by atoms with van der Waals surface area (Å²) in [5, 5.41) is 2.69. The average molecular weight is 270 g/mol. The van der Waals surface area contributed by atoms with Gasteiger partial charge < -0.3 is 10.1 Å². The third-order valence-corrected chi connectivity index (χ3v) is 2.89. The van der Waals surface area contributed by atoms with Gasteiger partial charge in [-0.3, -0.25) is 0 Å².